The van der Waals surface area contributed by atoms with Crippen LogP contribution in [0.25, 0.3) is 11.1 Å². The molecule has 0 saturated carbocycles. The smallest absolute Gasteiger partial charge is 0.290 e. The van der Waals surface area contributed by atoms with Gasteiger partial charge in [0.05, 0.1) is 6.04 Å². The van der Waals surface area contributed by atoms with Gasteiger partial charge in [0.1, 0.15) is 11.3 Å². The summed E-state index contributed by atoms with van der Waals surface area (Å²) in [5, 5.41) is 3.26. The summed E-state index contributed by atoms with van der Waals surface area (Å²) < 4.78 is 19.3. The molecule has 1 aliphatic heterocycles. The Kier molecular flexibility index (Phi) is 5.25. The van der Waals surface area contributed by atoms with Gasteiger partial charge in [-0.3, -0.25) is 4.79 Å². The number of nitrogens with zero attached hydrogens (tertiary/aromatic N) is 2. The van der Waals surface area contributed by atoms with Crippen LogP contribution in [0.3, 0.4) is 0 Å². The first kappa shape index (κ1) is 18.4. The maximum absolute atomic E-state index is 13.6. The van der Waals surface area contributed by atoms with E-state index < -0.39 is 0 Å². The van der Waals surface area contributed by atoms with E-state index in [0.717, 1.165) is 11.3 Å². The Morgan fingerprint density at radius 3 is 2.96 bits per heavy atom. The molecule has 5 nitrogen and oxygen atoms in total. The number of pyridine rings is 1. The van der Waals surface area contributed by atoms with Crippen molar-refractivity contribution in [1.29, 1.82) is 0 Å². The topological polar surface area (TPSA) is 58.4 Å². The molecule has 1 N–H and O–H groups in total. The number of carbonyl (C=O) groups excluding carboxylic acids is 1. The van der Waals surface area contributed by atoms with Crippen molar-refractivity contribution in [3.05, 3.63) is 65.3 Å². The van der Waals surface area contributed by atoms with Gasteiger partial charge >= 0.3 is 0 Å². The van der Waals surface area contributed by atoms with Crippen molar-refractivity contribution < 1.29 is 13.6 Å². The van der Waals surface area contributed by atoms with E-state index in [2.05, 4.69) is 10.3 Å². The van der Waals surface area contributed by atoms with Crippen molar-refractivity contribution in [2.45, 2.75) is 13.0 Å². The first-order valence-electron chi connectivity index (χ1n) is 8.26. The number of halogens is 2. The first-order valence-corrected chi connectivity index (χ1v) is 8.26. The minimum absolute atomic E-state index is 0. The number of carbonyl (C=O) groups is 1. The van der Waals surface area contributed by atoms with E-state index in [4.69, 9.17) is 4.42 Å². The van der Waals surface area contributed by atoms with Crippen molar-refractivity contribution in [2.75, 3.05) is 19.6 Å². The van der Waals surface area contributed by atoms with Gasteiger partial charge < -0.3 is 14.6 Å². The first-order chi connectivity index (χ1) is 12.1. The zero-order valence-electron chi connectivity index (χ0n) is 14.2. The second kappa shape index (κ2) is 7.43. The summed E-state index contributed by atoms with van der Waals surface area (Å²) in [5.74, 6) is -0.248. The monoisotopic (exact) mass is 375 g/mol. The molecule has 1 fully saturated rings. The van der Waals surface area contributed by atoms with E-state index in [1.807, 2.05) is 25.1 Å². The highest BCUT2D eigenvalue weighted by Gasteiger charge is 2.30. The molecule has 136 valence electrons. The molecule has 1 unspecified atom stereocenters. The molecule has 0 radical (unpaired) electrons. The van der Waals surface area contributed by atoms with Crippen molar-refractivity contribution in [3.8, 4) is 0 Å². The Morgan fingerprint density at radius 2 is 2.15 bits per heavy atom. The molecule has 1 atom stereocenters. The molecule has 1 amide bonds. The van der Waals surface area contributed by atoms with Crippen LogP contribution < -0.4 is 5.32 Å². The molecule has 4 rings (SSSR count). The second-order valence-electron chi connectivity index (χ2n) is 6.22. The van der Waals surface area contributed by atoms with E-state index in [-0.39, 0.29) is 35.9 Å². The van der Waals surface area contributed by atoms with Crippen LogP contribution in [0.2, 0.25) is 0 Å². The van der Waals surface area contributed by atoms with Gasteiger partial charge in [0.2, 0.25) is 0 Å². The van der Waals surface area contributed by atoms with Gasteiger partial charge in [-0.15, -0.1) is 12.4 Å². The van der Waals surface area contributed by atoms with Gasteiger partial charge in [-0.05, 0) is 36.8 Å². The summed E-state index contributed by atoms with van der Waals surface area (Å²) in [4.78, 5) is 19.1. The van der Waals surface area contributed by atoms with Crippen molar-refractivity contribution in [1.82, 2.24) is 15.2 Å². The van der Waals surface area contributed by atoms with E-state index in [1.54, 1.807) is 17.0 Å². The summed E-state index contributed by atoms with van der Waals surface area (Å²) in [6, 6.07) is 11.5. The molecule has 3 aromatic rings. The molecule has 1 aromatic carbocycles. The van der Waals surface area contributed by atoms with Crippen LogP contribution in [-0.4, -0.2) is 35.4 Å². The van der Waals surface area contributed by atoms with Crippen molar-refractivity contribution in [2.24, 2.45) is 0 Å². The zero-order chi connectivity index (χ0) is 17.4. The van der Waals surface area contributed by atoms with E-state index in [9.17, 15) is 9.18 Å². The lowest BCUT2D eigenvalue weighted by molar-refractivity contribution is 0.0603. The Morgan fingerprint density at radius 1 is 1.31 bits per heavy atom. The largest absolute Gasteiger partial charge is 0.449 e. The average molecular weight is 376 g/mol. The van der Waals surface area contributed by atoms with Gasteiger partial charge in [-0.1, -0.05) is 12.1 Å². The van der Waals surface area contributed by atoms with Crippen molar-refractivity contribution >= 4 is 29.4 Å². The van der Waals surface area contributed by atoms with E-state index in [1.165, 1.54) is 12.1 Å². The molecule has 1 saturated heterocycles. The van der Waals surface area contributed by atoms with E-state index in [0.29, 0.717) is 30.7 Å². The minimum Gasteiger partial charge on any atom is -0.449 e. The Hall–Kier alpha value is -2.44. The lowest BCUT2D eigenvalue weighted by Gasteiger charge is -2.36. The SMILES string of the molecule is Cc1ccc2oc(C(=O)N3CCNCC3c3cccc(F)c3)cc2n1.Cl. The van der Waals surface area contributed by atoms with Crippen LogP contribution in [0.1, 0.15) is 27.9 Å². The third-order valence-corrected chi connectivity index (χ3v) is 4.46. The summed E-state index contributed by atoms with van der Waals surface area (Å²) in [7, 11) is 0. The van der Waals surface area contributed by atoms with Gasteiger partial charge in [0.15, 0.2) is 11.3 Å². The number of furan rings is 1. The number of rotatable bonds is 2. The number of amides is 1. The third-order valence-electron chi connectivity index (χ3n) is 4.46. The number of hydrogen-bond acceptors (Lipinski definition) is 4. The fraction of sp³-hybridized carbons (Fsp3) is 0.263. The lowest BCUT2D eigenvalue weighted by Crippen LogP contribution is -2.48. The number of fused-ring (bicyclic) bond motifs is 1. The summed E-state index contributed by atoms with van der Waals surface area (Å²) >= 11 is 0. The minimum atomic E-state index is -0.307. The molecule has 1 aliphatic rings. The summed E-state index contributed by atoms with van der Waals surface area (Å²) in [6.07, 6.45) is 0. The van der Waals surface area contributed by atoms with Crippen molar-refractivity contribution in [3.63, 3.8) is 0 Å². The quantitative estimate of drug-likeness (QED) is 0.745. The molecule has 2 aromatic heterocycles. The number of nitrogens with one attached hydrogen (secondary N) is 1. The number of hydrogen-bond donors (Lipinski definition) is 1. The normalized spacial score (nSPS) is 17.2. The number of aryl methyl sites for hydroxylation is 1. The van der Waals surface area contributed by atoms with E-state index >= 15 is 0 Å². The molecule has 0 spiro atoms. The van der Waals surface area contributed by atoms with Crippen LogP contribution in [0.5, 0.6) is 0 Å². The van der Waals surface area contributed by atoms with Crippen LogP contribution in [0.15, 0.2) is 46.9 Å². The molecule has 26 heavy (non-hydrogen) atoms. The van der Waals surface area contributed by atoms with Crippen LogP contribution >= 0.6 is 12.4 Å². The fourth-order valence-corrected chi connectivity index (χ4v) is 3.23. The van der Waals surface area contributed by atoms with Crippen LogP contribution in [0.4, 0.5) is 4.39 Å². The molecule has 7 heteroatoms. The predicted octanol–water partition coefficient (Wildman–Crippen LogP) is 3.48. The predicted molar refractivity (Wildman–Crippen MR) is 99.0 cm³/mol. The highest BCUT2D eigenvalue weighted by Crippen LogP contribution is 2.27. The van der Waals surface area contributed by atoms with Gasteiger partial charge in [-0.25, -0.2) is 9.37 Å². The second-order valence-corrected chi connectivity index (χ2v) is 6.22. The molecular formula is C19H19ClFN3O2. The molecular weight excluding hydrogens is 357 g/mol. The number of aromatic nitrogens is 1. The third kappa shape index (κ3) is 3.43. The highest BCUT2D eigenvalue weighted by atomic mass is 35.5. The highest BCUT2D eigenvalue weighted by molar-refractivity contribution is 5.95. The maximum atomic E-state index is 13.6. The summed E-state index contributed by atoms with van der Waals surface area (Å²) in [6.45, 7) is 3.69. The number of piperazine rings is 1. The van der Waals surface area contributed by atoms with Gasteiger partial charge in [-0.2, -0.15) is 0 Å². The fourth-order valence-electron chi connectivity index (χ4n) is 3.23. The molecule has 0 bridgehead atoms. The van der Waals surface area contributed by atoms with Gasteiger partial charge in [0.25, 0.3) is 5.91 Å². The van der Waals surface area contributed by atoms with Gasteiger partial charge in [0, 0.05) is 31.4 Å². The standard InChI is InChI=1S/C19H18FN3O2.ClH/c1-12-5-6-17-15(22-12)10-18(25-17)19(24)23-8-7-21-11-16(23)13-3-2-4-14(20)9-13;/h2-6,9-10,16,21H,7-8,11H2,1H3;1H. The summed E-state index contributed by atoms with van der Waals surface area (Å²) in [5.41, 5.74) is 2.89. The Labute approximate surface area is 156 Å². The zero-order valence-corrected chi connectivity index (χ0v) is 15.1. The molecule has 3 heterocycles. The lowest BCUT2D eigenvalue weighted by atomic mass is 10.0. The maximum Gasteiger partial charge on any atom is 0.290 e. The van der Waals surface area contributed by atoms with Crippen LogP contribution in [0, 0.1) is 12.7 Å². The molecule has 0 aliphatic carbocycles. The average Bonchev–Trinajstić information content (AvgIpc) is 3.04. The Balaban J connectivity index is 0.00000196. The Bertz CT molecular complexity index is 943. The number of benzene rings is 1. The van der Waals surface area contributed by atoms with Crippen LogP contribution in [-0.2, 0) is 0 Å².